The number of alkyl halides is 2. The zero-order chi connectivity index (χ0) is 31.9. The van der Waals surface area contributed by atoms with Crippen LogP contribution in [-0.4, -0.2) is 26.4 Å². The van der Waals surface area contributed by atoms with Crippen LogP contribution in [0, 0.1) is 32.9 Å². The molecule has 6 nitrogen and oxygen atoms in total. The van der Waals surface area contributed by atoms with Gasteiger partial charge in [-0.1, -0.05) is 23.7 Å². The molecule has 3 heterocycles. The molecule has 0 fully saturated rings. The molecule has 0 aliphatic rings. The molecule has 4 aromatic carbocycles. The van der Waals surface area contributed by atoms with Gasteiger partial charge in [0.15, 0.2) is 0 Å². The Bertz CT molecular complexity index is 2230. The maximum absolute atomic E-state index is 14.3. The number of hydrogen-bond acceptors (Lipinski definition) is 4. The van der Waals surface area contributed by atoms with Crippen molar-refractivity contribution in [1.29, 1.82) is 0 Å². The number of benzene rings is 4. The molecule has 0 unspecified atom stereocenters. The quantitative estimate of drug-likeness (QED) is 0.144. The van der Waals surface area contributed by atoms with Crippen LogP contribution in [0.5, 0.6) is 17.2 Å². The summed E-state index contributed by atoms with van der Waals surface area (Å²) >= 11 is 0. The molecule has 0 aliphatic carbocycles. The van der Waals surface area contributed by atoms with Crippen molar-refractivity contribution in [2.75, 3.05) is 7.11 Å². The van der Waals surface area contributed by atoms with E-state index in [0.29, 0.717) is 51.0 Å². The minimum absolute atomic E-state index is 0. The largest absolute Gasteiger partial charge is 2.00 e. The molecule has 47 heavy (non-hydrogen) atoms. The summed E-state index contributed by atoms with van der Waals surface area (Å²) in [5.74, 6) is 2.36. The molecule has 238 valence electrons. The number of fused-ring (bicyclic) bond motifs is 3. The summed E-state index contributed by atoms with van der Waals surface area (Å²) in [6.07, 6.45) is 5.12. The first-order valence-electron chi connectivity index (χ1n) is 14.9. The fourth-order valence-electron chi connectivity index (χ4n) is 6.13. The summed E-state index contributed by atoms with van der Waals surface area (Å²) in [7, 11) is 1.63. The average Bonchev–Trinajstić information content (AvgIpc) is 3.70. The molecule has 0 saturated carbocycles. The number of rotatable bonds is 8. The van der Waals surface area contributed by atoms with E-state index < -0.39 is 13.3 Å². The van der Waals surface area contributed by atoms with Crippen molar-refractivity contribution in [2.45, 2.75) is 34.1 Å². The van der Waals surface area contributed by atoms with E-state index in [2.05, 4.69) is 28.3 Å². The molecule has 7 aromatic rings. The third kappa shape index (κ3) is 5.61. The number of halogens is 2. The van der Waals surface area contributed by atoms with Gasteiger partial charge in [0.05, 0.1) is 13.3 Å². The second-order valence-corrected chi connectivity index (χ2v) is 11.1. The van der Waals surface area contributed by atoms with Gasteiger partial charge in [-0.2, -0.15) is 17.2 Å². The molecule has 0 aliphatic heterocycles. The van der Waals surface area contributed by atoms with Crippen LogP contribution in [-0.2, 0) is 34.4 Å². The summed E-state index contributed by atoms with van der Waals surface area (Å²) in [6, 6.07) is 27.9. The first-order chi connectivity index (χ1) is 22.4. The Kier molecular flexibility index (Phi) is 8.98. The first-order valence-corrected chi connectivity index (χ1v) is 14.9. The summed E-state index contributed by atoms with van der Waals surface area (Å²) in [5, 5.41) is 6.60. The number of nitrogens with zero attached hydrogens (tertiary/aromatic N) is 4. The number of hydrogen-bond donors (Lipinski definition) is 0. The third-order valence-corrected chi connectivity index (χ3v) is 8.73. The smallest absolute Gasteiger partial charge is 0.509 e. The Morgan fingerprint density at radius 3 is 2.30 bits per heavy atom. The van der Waals surface area contributed by atoms with Crippen LogP contribution in [0.2, 0.25) is 0 Å². The van der Waals surface area contributed by atoms with Gasteiger partial charge in [-0.25, -0.2) is 13.8 Å². The van der Waals surface area contributed by atoms with Gasteiger partial charge in [-0.3, -0.25) is 4.68 Å². The molecule has 3 aromatic heterocycles. The molecule has 0 radical (unpaired) electrons. The monoisotopic (exact) mass is 807 g/mol. The summed E-state index contributed by atoms with van der Waals surface area (Å²) in [4.78, 5) is 4.61. The van der Waals surface area contributed by atoms with Crippen molar-refractivity contribution in [3.05, 3.63) is 125 Å². The van der Waals surface area contributed by atoms with Gasteiger partial charge < -0.3 is 14.0 Å². The Morgan fingerprint density at radius 2 is 1.55 bits per heavy atom. The number of aromatic nitrogens is 4. The molecule has 0 atom stereocenters. The van der Waals surface area contributed by atoms with Crippen LogP contribution < -0.4 is 9.47 Å². The van der Waals surface area contributed by atoms with Gasteiger partial charge in [0.25, 0.3) is 0 Å². The Balaban J connectivity index is 0.00000386. The summed E-state index contributed by atoms with van der Waals surface area (Å²) in [6.45, 7) is 4.28. The van der Waals surface area contributed by atoms with Gasteiger partial charge in [0.2, 0.25) is 0 Å². The first kappa shape index (κ1) is 32.1. The number of methoxy groups -OCH3 is 1. The van der Waals surface area contributed by atoms with Crippen LogP contribution in [0.1, 0.15) is 27.8 Å². The Labute approximate surface area is 285 Å². The van der Waals surface area contributed by atoms with Crippen molar-refractivity contribution in [2.24, 2.45) is 0 Å². The van der Waals surface area contributed by atoms with Gasteiger partial charge in [-0.15, -0.1) is 35.7 Å². The van der Waals surface area contributed by atoms with Gasteiger partial charge in [0, 0.05) is 41.0 Å². The van der Waals surface area contributed by atoms with E-state index in [-0.39, 0.29) is 21.1 Å². The van der Waals surface area contributed by atoms with E-state index in [9.17, 15) is 8.78 Å². The average molecular weight is 808 g/mol. The molecule has 0 N–H and O–H groups in total. The van der Waals surface area contributed by atoms with Crippen LogP contribution >= 0.6 is 0 Å². The maximum atomic E-state index is 14.3. The second-order valence-electron chi connectivity index (χ2n) is 11.1. The minimum Gasteiger partial charge on any atom is -0.509 e. The number of ether oxygens (including phenoxy) is 2. The fraction of sp³-hybridized carbons (Fsp3) is 0.158. The Hall–Kier alpha value is -4.81. The molecule has 0 spiro atoms. The predicted molar refractivity (Wildman–Crippen MR) is 176 cm³/mol. The molecule has 9 heteroatoms. The molecule has 0 amide bonds. The third-order valence-electron chi connectivity index (χ3n) is 8.73. The zero-order valence-electron chi connectivity index (χ0n) is 26.2. The van der Waals surface area contributed by atoms with Crippen LogP contribution in [0.25, 0.3) is 44.4 Å². The van der Waals surface area contributed by atoms with E-state index in [1.165, 1.54) is 0 Å². The molecular weight excluding hydrogens is 778 g/mol. The molecular formula is C38H30F2N4O2Pt. The van der Waals surface area contributed by atoms with E-state index in [4.69, 9.17) is 9.47 Å². The van der Waals surface area contributed by atoms with Crippen LogP contribution in [0.3, 0.4) is 0 Å². The topological polar surface area (TPSA) is 54.1 Å². The Morgan fingerprint density at radius 1 is 0.809 bits per heavy atom. The second kappa shape index (κ2) is 13.1. The van der Waals surface area contributed by atoms with Crippen molar-refractivity contribution >= 4 is 21.8 Å². The standard InChI is InChI=1S/C38H30F2N4O2.Pt/c1-23-24(2)33(19-39)38(34(20-40)25(23)3)26-21-42-43(22-26)27-8-7-9-29(16-27)46-30-12-13-32-31-10-5-6-11-35(31)44(36(32)17-30)37-18-28(45-4)14-15-41-37;/h5-15,18,21-22H,19-20H2,1-4H3;/q-2;+2. The molecule has 7 rings (SSSR count). The van der Waals surface area contributed by atoms with Gasteiger partial charge in [-0.05, 0) is 77.4 Å². The van der Waals surface area contributed by atoms with Crippen molar-refractivity contribution < 1.29 is 39.3 Å². The van der Waals surface area contributed by atoms with Gasteiger partial charge >= 0.3 is 21.1 Å². The fourth-order valence-corrected chi connectivity index (χ4v) is 6.13. The van der Waals surface area contributed by atoms with E-state index in [1.807, 2.05) is 79.9 Å². The van der Waals surface area contributed by atoms with E-state index in [1.54, 1.807) is 36.4 Å². The number of pyridine rings is 1. The van der Waals surface area contributed by atoms with Crippen molar-refractivity contribution in [1.82, 2.24) is 19.3 Å². The summed E-state index contributed by atoms with van der Waals surface area (Å²) in [5.41, 5.74) is 7.16. The SMILES string of the molecule is COc1ccnc(-n2c3[c-]c(Oc4[c-]c(-n5cc(-c6c(CF)c(C)c(C)c(C)c6CF)cn5)ccc4)ccc3c3ccccc32)c1.[Pt+2]. The maximum Gasteiger partial charge on any atom is 2.00 e. The van der Waals surface area contributed by atoms with E-state index in [0.717, 1.165) is 38.5 Å². The van der Waals surface area contributed by atoms with Crippen LogP contribution in [0.4, 0.5) is 8.78 Å². The van der Waals surface area contributed by atoms with Crippen LogP contribution in [0.15, 0.2) is 85.3 Å². The van der Waals surface area contributed by atoms with Gasteiger partial charge in [0.1, 0.15) is 24.9 Å². The molecule has 0 saturated heterocycles. The minimum atomic E-state index is -0.691. The van der Waals surface area contributed by atoms with Crippen molar-refractivity contribution in [3.8, 4) is 39.9 Å². The zero-order valence-corrected chi connectivity index (χ0v) is 28.4. The van der Waals surface area contributed by atoms with Crippen molar-refractivity contribution in [3.63, 3.8) is 0 Å². The number of para-hydroxylation sites is 1. The predicted octanol–water partition coefficient (Wildman–Crippen LogP) is 9.29. The summed E-state index contributed by atoms with van der Waals surface area (Å²) < 4.78 is 44.0. The molecule has 0 bridgehead atoms. The normalized spacial score (nSPS) is 11.2. The van der Waals surface area contributed by atoms with E-state index >= 15 is 0 Å².